The van der Waals surface area contributed by atoms with Gasteiger partial charge in [0.1, 0.15) is 0 Å². The Hall–Kier alpha value is -1.64. The minimum absolute atomic E-state index is 0.219. The number of amides is 2. The average molecular weight is 175 g/mol. The van der Waals surface area contributed by atoms with E-state index in [-0.39, 0.29) is 11.8 Å². The van der Waals surface area contributed by atoms with Gasteiger partial charge < -0.3 is 0 Å². The molecule has 0 aromatic heterocycles. The second-order valence-electron chi connectivity index (χ2n) is 3.16. The fourth-order valence-corrected chi connectivity index (χ4v) is 1.61. The largest absolute Gasteiger partial charge is 0.292 e. The molecule has 3 nitrogen and oxygen atoms in total. The molecule has 0 saturated heterocycles. The molecule has 2 rings (SSSR count). The molecule has 0 aliphatic carbocycles. The van der Waals surface area contributed by atoms with Crippen molar-refractivity contribution in [3.8, 4) is 0 Å². The van der Waals surface area contributed by atoms with E-state index in [0.29, 0.717) is 12.0 Å². The van der Waals surface area contributed by atoms with Crippen LogP contribution < -0.4 is 5.32 Å². The van der Waals surface area contributed by atoms with E-state index in [1.807, 2.05) is 25.1 Å². The smallest absolute Gasteiger partial charge is 0.258 e. The Balaban J connectivity index is 2.61. The van der Waals surface area contributed by atoms with Crippen molar-refractivity contribution in [3.05, 3.63) is 34.9 Å². The fourth-order valence-electron chi connectivity index (χ4n) is 1.61. The van der Waals surface area contributed by atoms with Gasteiger partial charge in [0.05, 0.1) is 6.42 Å². The zero-order valence-corrected chi connectivity index (χ0v) is 7.26. The Morgan fingerprint density at radius 2 is 2.08 bits per heavy atom. The highest BCUT2D eigenvalue weighted by Crippen LogP contribution is 2.17. The second kappa shape index (κ2) is 2.69. The van der Waals surface area contributed by atoms with Crippen LogP contribution in [0.5, 0.6) is 0 Å². The highest BCUT2D eigenvalue weighted by atomic mass is 16.2. The van der Waals surface area contributed by atoms with Crippen molar-refractivity contribution >= 4 is 11.8 Å². The minimum Gasteiger partial charge on any atom is -0.292 e. The Kier molecular flexibility index (Phi) is 1.65. The van der Waals surface area contributed by atoms with Gasteiger partial charge in [0.2, 0.25) is 5.91 Å². The lowest BCUT2D eigenvalue weighted by Crippen LogP contribution is -2.37. The summed E-state index contributed by atoms with van der Waals surface area (Å²) < 4.78 is 0. The van der Waals surface area contributed by atoms with E-state index in [9.17, 15) is 9.59 Å². The van der Waals surface area contributed by atoms with E-state index in [1.165, 1.54) is 0 Å². The van der Waals surface area contributed by atoms with Crippen LogP contribution in [0, 0.1) is 6.92 Å². The van der Waals surface area contributed by atoms with Gasteiger partial charge in [-0.15, -0.1) is 0 Å². The molecule has 66 valence electrons. The molecule has 1 aromatic carbocycles. The maximum Gasteiger partial charge on any atom is 0.258 e. The third-order valence-electron chi connectivity index (χ3n) is 2.19. The molecule has 0 fully saturated rings. The molecular formula is C10H9NO2. The molecule has 1 N–H and O–H groups in total. The van der Waals surface area contributed by atoms with Gasteiger partial charge in [0.15, 0.2) is 0 Å². The lowest BCUT2D eigenvalue weighted by molar-refractivity contribution is -0.119. The third kappa shape index (κ3) is 1.22. The standard InChI is InChI=1S/C10H9NO2/c1-6-3-2-4-7-5-8(12)11-10(13)9(6)7/h2-4H,5H2,1H3,(H,11,12,13). The van der Waals surface area contributed by atoms with Crippen LogP contribution in [0.25, 0.3) is 0 Å². The third-order valence-corrected chi connectivity index (χ3v) is 2.19. The zero-order valence-electron chi connectivity index (χ0n) is 7.26. The number of hydrogen-bond donors (Lipinski definition) is 1. The molecule has 0 radical (unpaired) electrons. The predicted octanol–water partition coefficient (Wildman–Crippen LogP) is 0.808. The summed E-state index contributed by atoms with van der Waals surface area (Å²) in [7, 11) is 0. The fraction of sp³-hybridized carbons (Fsp3) is 0.200. The molecule has 1 aliphatic heterocycles. The lowest BCUT2D eigenvalue weighted by Gasteiger charge is -2.16. The van der Waals surface area contributed by atoms with E-state index in [4.69, 9.17) is 0 Å². The summed E-state index contributed by atoms with van der Waals surface area (Å²) in [5, 5.41) is 2.30. The molecule has 13 heavy (non-hydrogen) atoms. The number of carbonyl (C=O) groups excluding carboxylic acids is 2. The van der Waals surface area contributed by atoms with Crippen LogP contribution in [-0.2, 0) is 11.2 Å². The van der Waals surface area contributed by atoms with Gasteiger partial charge in [0.25, 0.3) is 5.91 Å². The molecule has 1 aromatic rings. The number of fused-ring (bicyclic) bond motifs is 1. The monoisotopic (exact) mass is 175 g/mol. The molecule has 1 aliphatic rings. The first-order valence-corrected chi connectivity index (χ1v) is 4.11. The van der Waals surface area contributed by atoms with Gasteiger partial charge in [-0.3, -0.25) is 14.9 Å². The summed E-state index contributed by atoms with van der Waals surface area (Å²) in [5.41, 5.74) is 2.40. The summed E-state index contributed by atoms with van der Waals surface area (Å²) in [4.78, 5) is 22.4. The maximum atomic E-state index is 11.4. The first kappa shape index (κ1) is 7.98. The Labute approximate surface area is 75.8 Å². The highest BCUT2D eigenvalue weighted by molar-refractivity contribution is 6.10. The van der Waals surface area contributed by atoms with E-state index in [0.717, 1.165) is 11.1 Å². The molecule has 0 spiro atoms. The molecule has 0 unspecified atom stereocenters. The quantitative estimate of drug-likeness (QED) is 0.593. The van der Waals surface area contributed by atoms with Crippen molar-refractivity contribution in [2.24, 2.45) is 0 Å². The molecule has 0 saturated carbocycles. The SMILES string of the molecule is Cc1cccc2c1C(=O)NC(=O)C2. The summed E-state index contributed by atoms with van der Waals surface area (Å²) in [6.07, 6.45) is 0.308. The topological polar surface area (TPSA) is 46.2 Å². The minimum atomic E-state index is -0.274. The molecule has 0 bridgehead atoms. The highest BCUT2D eigenvalue weighted by Gasteiger charge is 2.22. The molecular weight excluding hydrogens is 166 g/mol. The molecule has 2 amide bonds. The van der Waals surface area contributed by atoms with E-state index in [2.05, 4.69) is 5.32 Å². The summed E-state index contributed by atoms with van der Waals surface area (Å²) in [5.74, 6) is -0.493. The molecule has 0 atom stereocenters. The van der Waals surface area contributed by atoms with Gasteiger partial charge in [-0.2, -0.15) is 0 Å². The number of benzene rings is 1. The van der Waals surface area contributed by atoms with Crippen LogP contribution >= 0.6 is 0 Å². The number of nitrogens with one attached hydrogen (secondary N) is 1. The number of aryl methyl sites for hydroxylation is 1. The second-order valence-corrected chi connectivity index (χ2v) is 3.16. The Morgan fingerprint density at radius 1 is 1.31 bits per heavy atom. The Bertz CT molecular complexity index is 396. The van der Waals surface area contributed by atoms with Gasteiger partial charge in [-0.1, -0.05) is 18.2 Å². The molecule has 1 heterocycles. The van der Waals surface area contributed by atoms with Gasteiger partial charge in [-0.25, -0.2) is 0 Å². The van der Waals surface area contributed by atoms with Gasteiger partial charge in [0, 0.05) is 5.56 Å². The van der Waals surface area contributed by atoms with Crippen molar-refractivity contribution in [2.75, 3.05) is 0 Å². The first-order chi connectivity index (χ1) is 6.18. The van der Waals surface area contributed by atoms with Crippen molar-refractivity contribution < 1.29 is 9.59 Å². The van der Waals surface area contributed by atoms with Crippen molar-refractivity contribution in [1.29, 1.82) is 0 Å². The average Bonchev–Trinajstić information content (AvgIpc) is 2.02. The number of hydrogen-bond acceptors (Lipinski definition) is 2. The van der Waals surface area contributed by atoms with Gasteiger partial charge >= 0.3 is 0 Å². The van der Waals surface area contributed by atoms with Gasteiger partial charge in [-0.05, 0) is 18.1 Å². The van der Waals surface area contributed by atoms with Crippen LogP contribution in [0.3, 0.4) is 0 Å². The summed E-state index contributed by atoms with van der Waals surface area (Å²) in [6, 6.07) is 5.55. The first-order valence-electron chi connectivity index (χ1n) is 4.11. The van der Waals surface area contributed by atoms with Crippen LogP contribution in [0.4, 0.5) is 0 Å². The van der Waals surface area contributed by atoms with Crippen LogP contribution in [0.2, 0.25) is 0 Å². The van der Waals surface area contributed by atoms with Crippen molar-refractivity contribution in [2.45, 2.75) is 13.3 Å². The number of carbonyl (C=O) groups is 2. The predicted molar refractivity (Wildman–Crippen MR) is 47.4 cm³/mol. The van der Waals surface area contributed by atoms with E-state index in [1.54, 1.807) is 0 Å². The summed E-state index contributed by atoms with van der Waals surface area (Å²) >= 11 is 0. The zero-order chi connectivity index (χ0) is 9.42. The van der Waals surface area contributed by atoms with Crippen molar-refractivity contribution in [3.63, 3.8) is 0 Å². The number of rotatable bonds is 0. The Morgan fingerprint density at radius 3 is 2.85 bits per heavy atom. The van der Waals surface area contributed by atoms with Crippen LogP contribution in [0.15, 0.2) is 18.2 Å². The van der Waals surface area contributed by atoms with Crippen molar-refractivity contribution in [1.82, 2.24) is 5.32 Å². The van der Waals surface area contributed by atoms with Crippen LogP contribution in [0.1, 0.15) is 21.5 Å². The normalized spacial score (nSPS) is 15.2. The summed E-state index contributed by atoms with van der Waals surface area (Å²) in [6.45, 7) is 1.87. The van der Waals surface area contributed by atoms with E-state index < -0.39 is 0 Å². The maximum absolute atomic E-state index is 11.4. The molecule has 3 heteroatoms. The van der Waals surface area contributed by atoms with E-state index >= 15 is 0 Å². The lowest BCUT2D eigenvalue weighted by atomic mass is 9.96. The van der Waals surface area contributed by atoms with Crippen LogP contribution in [-0.4, -0.2) is 11.8 Å². The number of imide groups is 1.